The van der Waals surface area contributed by atoms with Crippen molar-refractivity contribution in [3.63, 3.8) is 0 Å². The molecule has 0 amide bonds. The lowest BCUT2D eigenvalue weighted by Gasteiger charge is -2.44. The fourth-order valence-corrected chi connectivity index (χ4v) is 4.02. The van der Waals surface area contributed by atoms with Crippen molar-refractivity contribution >= 4 is 0 Å². The first kappa shape index (κ1) is 13.1. The minimum Gasteiger partial charge on any atom is -0.328 e. The summed E-state index contributed by atoms with van der Waals surface area (Å²) in [5, 5.41) is 0. The van der Waals surface area contributed by atoms with Gasteiger partial charge >= 0.3 is 0 Å². The van der Waals surface area contributed by atoms with Gasteiger partial charge in [0.05, 0.1) is 0 Å². The number of fused-ring (bicyclic) bond motifs is 1. The molecule has 19 heavy (non-hydrogen) atoms. The van der Waals surface area contributed by atoms with Gasteiger partial charge in [0.15, 0.2) is 0 Å². The molecule has 3 rings (SSSR count). The molecule has 2 heteroatoms. The van der Waals surface area contributed by atoms with Crippen LogP contribution in [-0.2, 0) is 0 Å². The van der Waals surface area contributed by atoms with Crippen molar-refractivity contribution in [1.29, 1.82) is 0 Å². The number of hydrogen-bond acceptors (Lipinski definition) is 2. The zero-order valence-corrected chi connectivity index (χ0v) is 12.2. The van der Waals surface area contributed by atoms with E-state index in [1.54, 1.807) is 11.1 Å². The number of nitrogens with two attached hydrogens (primary N) is 1. The molecule has 2 nitrogen and oxygen atoms in total. The summed E-state index contributed by atoms with van der Waals surface area (Å²) in [7, 11) is 0. The summed E-state index contributed by atoms with van der Waals surface area (Å²) in [6, 6.07) is 10.7. The molecular formula is C17H26N2. The first-order chi connectivity index (χ1) is 9.16. The minimum absolute atomic E-state index is 0.406. The second-order valence-electron chi connectivity index (χ2n) is 6.49. The molecule has 0 saturated carbocycles. The highest BCUT2D eigenvalue weighted by atomic mass is 15.2. The van der Waals surface area contributed by atoms with Crippen LogP contribution in [0.25, 0.3) is 0 Å². The van der Waals surface area contributed by atoms with Crippen LogP contribution in [0.3, 0.4) is 0 Å². The number of benzene rings is 1. The van der Waals surface area contributed by atoms with Gasteiger partial charge in [0.1, 0.15) is 0 Å². The molecule has 2 N–H and O–H groups in total. The number of likely N-dealkylation sites (tertiary alicyclic amines) is 1. The number of rotatable bonds is 1. The Kier molecular flexibility index (Phi) is 3.64. The van der Waals surface area contributed by atoms with E-state index in [0.717, 1.165) is 25.3 Å². The lowest BCUT2D eigenvalue weighted by Crippen LogP contribution is -2.47. The summed E-state index contributed by atoms with van der Waals surface area (Å²) in [5.74, 6) is 0.717. The third-order valence-corrected chi connectivity index (χ3v) is 5.13. The molecule has 1 aromatic rings. The molecule has 1 aliphatic heterocycles. The SMILES string of the molecule is CC1CCC(N2CCC(N)CC2C)c2ccccc21. The van der Waals surface area contributed by atoms with Crippen molar-refractivity contribution in [2.45, 2.75) is 63.6 Å². The van der Waals surface area contributed by atoms with Crippen LogP contribution in [0, 0.1) is 0 Å². The predicted octanol–water partition coefficient (Wildman–Crippen LogP) is 3.44. The summed E-state index contributed by atoms with van der Waals surface area (Å²) < 4.78 is 0. The van der Waals surface area contributed by atoms with E-state index in [9.17, 15) is 0 Å². The van der Waals surface area contributed by atoms with E-state index in [1.807, 2.05) is 0 Å². The van der Waals surface area contributed by atoms with E-state index >= 15 is 0 Å². The van der Waals surface area contributed by atoms with Crippen molar-refractivity contribution in [2.75, 3.05) is 6.54 Å². The Balaban J connectivity index is 1.88. The third-order valence-electron chi connectivity index (χ3n) is 5.13. The van der Waals surface area contributed by atoms with E-state index in [4.69, 9.17) is 5.73 Å². The first-order valence-electron chi connectivity index (χ1n) is 7.77. The number of piperidine rings is 1. The maximum atomic E-state index is 6.11. The quantitative estimate of drug-likeness (QED) is 0.836. The second kappa shape index (κ2) is 5.26. The molecular weight excluding hydrogens is 232 g/mol. The molecule has 0 aromatic heterocycles. The maximum absolute atomic E-state index is 6.11. The largest absolute Gasteiger partial charge is 0.328 e. The molecule has 0 spiro atoms. The highest BCUT2D eigenvalue weighted by Gasteiger charge is 2.33. The van der Waals surface area contributed by atoms with Crippen molar-refractivity contribution in [2.24, 2.45) is 5.73 Å². The van der Waals surface area contributed by atoms with Gasteiger partial charge in [-0.1, -0.05) is 31.2 Å². The molecule has 1 saturated heterocycles. The molecule has 1 heterocycles. The van der Waals surface area contributed by atoms with Crippen molar-refractivity contribution < 1.29 is 0 Å². The Bertz CT molecular complexity index is 443. The summed E-state index contributed by atoms with van der Waals surface area (Å²) >= 11 is 0. The molecule has 104 valence electrons. The van der Waals surface area contributed by atoms with Crippen LogP contribution in [-0.4, -0.2) is 23.5 Å². The second-order valence-corrected chi connectivity index (χ2v) is 6.49. The molecule has 1 aliphatic carbocycles. The predicted molar refractivity (Wildman–Crippen MR) is 80.2 cm³/mol. The molecule has 0 bridgehead atoms. The monoisotopic (exact) mass is 258 g/mol. The number of hydrogen-bond donors (Lipinski definition) is 1. The van der Waals surface area contributed by atoms with E-state index < -0.39 is 0 Å². The Morgan fingerprint density at radius 3 is 2.53 bits per heavy atom. The highest BCUT2D eigenvalue weighted by Crippen LogP contribution is 2.42. The zero-order valence-electron chi connectivity index (χ0n) is 12.2. The van der Waals surface area contributed by atoms with Crippen LogP contribution in [0.15, 0.2) is 24.3 Å². The lowest BCUT2D eigenvalue weighted by molar-refractivity contribution is 0.0836. The summed E-state index contributed by atoms with van der Waals surface area (Å²) in [6.45, 7) is 5.87. The van der Waals surface area contributed by atoms with Crippen molar-refractivity contribution in [3.05, 3.63) is 35.4 Å². The topological polar surface area (TPSA) is 29.3 Å². The zero-order chi connectivity index (χ0) is 13.4. The third kappa shape index (κ3) is 2.44. The Labute approximate surface area is 117 Å². The molecule has 1 aromatic carbocycles. The van der Waals surface area contributed by atoms with Gasteiger partial charge in [-0.25, -0.2) is 0 Å². The van der Waals surface area contributed by atoms with Crippen LogP contribution in [0.1, 0.15) is 62.6 Å². The van der Waals surface area contributed by atoms with Crippen molar-refractivity contribution in [1.82, 2.24) is 4.90 Å². The van der Waals surface area contributed by atoms with Crippen LogP contribution in [0.4, 0.5) is 0 Å². The summed E-state index contributed by atoms with van der Waals surface area (Å²) in [5.41, 5.74) is 9.25. The molecule has 2 aliphatic rings. The van der Waals surface area contributed by atoms with Crippen LogP contribution >= 0.6 is 0 Å². The smallest absolute Gasteiger partial charge is 0.0354 e. The minimum atomic E-state index is 0.406. The van der Waals surface area contributed by atoms with Gasteiger partial charge in [0.25, 0.3) is 0 Å². The van der Waals surface area contributed by atoms with Crippen LogP contribution in [0.2, 0.25) is 0 Å². The van der Waals surface area contributed by atoms with Crippen LogP contribution < -0.4 is 5.73 Å². The van der Waals surface area contributed by atoms with E-state index in [2.05, 4.69) is 43.0 Å². The van der Waals surface area contributed by atoms with Gasteiger partial charge in [0, 0.05) is 24.7 Å². The van der Waals surface area contributed by atoms with Crippen molar-refractivity contribution in [3.8, 4) is 0 Å². The molecule has 4 unspecified atom stereocenters. The van der Waals surface area contributed by atoms with E-state index in [-0.39, 0.29) is 0 Å². The van der Waals surface area contributed by atoms with E-state index in [0.29, 0.717) is 18.1 Å². The van der Waals surface area contributed by atoms with Gasteiger partial charge in [0.2, 0.25) is 0 Å². The summed E-state index contributed by atoms with van der Waals surface area (Å²) in [6.07, 6.45) is 4.92. The van der Waals surface area contributed by atoms with Gasteiger partial charge < -0.3 is 5.73 Å². The van der Waals surface area contributed by atoms with Gasteiger partial charge in [-0.2, -0.15) is 0 Å². The van der Waals surface area contributed by atoms with Gasteiger partial charge in [-0.15, -0.1) is 0 Å². The average Bonchev–Trinajstić information content (AvgIpc) is 2.41. The normalized spacial score (nSPS) is 35.9. The van der Waals surface area contributed by atoms with Gasteiger partial charge in [-0.3, -0.25) is 4.90 Å². The molecule has 1 fully saturated rings. The average molecular weight is 258 g/mol. The van der Waals surface area contributed by atoms with Crippen LogP contribution in [0.5, 0.6) is 0 Å². The first-order valence-corrected chi connectivity index (χ1v) is 7.77. The highest BCUT2D eigenvalue weighted by molar-refractivity contribution is 5.35. The standard InChI is InChI=1S/C17H26N2/c1-12-7-8-17(16-6-4-3-5-15(12)16)19-10-9-14(18)11-13(19)2/h3-6,12-14,17H,7-11,18H2,1-2H3. The lowest BCUT2D eigenvalue weighted by atomic mass is 9.79. The Morgan fingerprint density at radius 1 is 1.05 bits per heavy atom. The number of nitrogens with zero attached hydrogens (tertiary/aromatic N) is 1. The van der Waals surface area contributed by atoms with E-state index in [1.165, 1.54) is 12.8 Å². The Morgan fingerprint density at radius 2 is 1.79 bits per heavy atom. The molecule has 0 radical (unpaired) electrons. The van der Waals surface area contributed by atoms with Gasteiger partial charge in [-0.05, 0) is 49.7 Å². The fourth-order valence-electron chi connectivity index (χ4n) is 4.02. The fraction of sp³-hybridized carbons (Fsp3) is 0.647. The summed E-state index contributed by atoms with van der Waals surface area (Å²) in [4.78, 5) is 2.70. The Hall–Kier alpha value is -0.860. The maximum Gasteiger partial charge on any atom is 0.0354 e. The molecule has 4 atom stereocenters.